The second-order valence-corrected chi connectivity index (χ2v) is 3.81. The van der Waals surface area contributed by atoms with Crippen molar-refractivity contribution >= 4 is 0 Å². The van der Waals surface area contributed by atoms with Crippen LogP contribution in [0.2, 0.25) is 0 Å². The standard InChI is InChI=1S/C10H23N3O2/c11-1-9-15-10-7-13-4-2-12(3-5-13)6-8-14/h14H,1-11H2. The molecule has 1 fully saturated rings. The molecule has 1 saturated heterocycles. The molecule has 3 N–H and O–H groups in total. The van der Waals surface area contributed by atoms with E-state index in [9.17, 15) is 0 Å². The fourth-order valence-electron chi connectivity index (χ4n) is 1.76. The Hall–Kier alpha value is -0.200. The van der Waals surface area contributed by atoms with Gasteiger partial charge in [0.25, 0.3) is 0 Å². The van der Waals surface area contributed by atoms with Gasteiger partial charge in [-0.2, -0.15) is 0 Å². The van der Waals surface area contributed by atoms with Crippen molar-refractivity contribution in [3.63, 3.8) is 0 Å². The zero-order valence-corrected chi connectivity index (χ0v) is 9.40. The van der Waals surface area contributed by atoms with E-state index in [4.69, 9.17) is 15.6 Å². The molecule has 0 unspecified atom stereocenters. The summed E-state index contributed by atoms with van der Waals surface area (Å²) < 4.78 is 5.34. The van der Waals surface area contributed by atoms with Crippen LogP contribution in [-0.2, 0) is 4.74 Å². The lowest BCUT2D eigenvalue weighted by Crippen LogP contribution is -2.48. The number of hydrogen-bond acceptors (Lipinski definition) is 5. The molecule has 0 saturated carbocycles. The van der Waals surface area contributed by atoms with Crippen molar-refractivity contribution in [2.75, 3.05) is 65.6 Å². The van der Waals surface area contributed by atoms with Gasteiger partial charge in [-0.3, -0.25) is 9.80 Å². The Labute approximate surface area is 91.8 Å². The van der Waals surface area contributed by atoms with E-state index in [1.54, 1.807) is 0 Å². The molecule has 0 atom stereocenters. The number of hydrogen-bond donors (Lipinski definition) is 2. The molecule has 1 aliphatic heterocycles. The number of ether oxygens (including phenoxy) is 1. The van der Waals surface area contributed by atoms with Gasteiger partial charge in [0, 0.05) is 45.8 Å². The maximum Gasteiger partial charge on any atom is 0.0594 e. The fourth-order valence-corrected chi connectivity index (χ4v) is 1.76. The first-order valence-corrected chi connectivity index (χ1v) is 5.70. The first-order chi connectivity index (χ1) is 7.36. The minimum Gasteiger partial charge on any atom is -0.395 e. The van der Waals surface area contributed by atoms with Crippen LogP contribution in [0.4, 0.5) is 0 Å². The largest absolute Gasteiger partial charge is 0.395 e. The van der Waals surface area contributed by atoms with Gasteiger partial charge in [0.2, 0.25) is 0 Å². The third-order valence-electron chi connectivity index (χ3n) is 2.70. The van der Waals surface area contributed by atoms with Gasteiger partial charge in [0.05, 0.1) is 19.8 Å². The maximum atomic E-state index is 8.80. The van der Waals surface area contributed by atoms with E-state index in [2.05, 4.69) is 9.80 Å². The van der Waals surface area contributed by atoms with Crippen molar-refractivity contribution in [3.8, 4) is 0 Å². The molecule has 0 radical (unpaired) electrons. The number of rotatable bonds is 7. The summed E-state index contributed by atoms with van der Waals surface area (Å²) in [5.41, 5.74) is 5.33. The molecule has 0 aliphatic carbocycles. The molecule has 0 amide bonds. The number of aliphatic hydroxyl groups excluding tert-OH is 1. The molecule has 0 aromatic rings. The number of piperazine rings is 1. The van der Waals surface area contributed by atoms with E-state index in [-0.39, 0.29) is 6.61 Å². The smallest absolute Gasteiger partial charge is 0.0594 e. The first-order valence-electron chi connectivity index (χ1n) is 5.70. The highest BCUT2D eigenvalue weighted by Crippen LogP contribution is 2.00. The lowest BCUT2D eigenvalue weighted by atomic mass is 10.3. The number of nitrogens with zero attached hydrogens (tertiary/aromatic N) is 2. The van der Waals surface area contributed by atoms with Gasteiger partial charge in [-0.25, -0.2) is 0 Å². The van der Waals surface area contributed by atoms with E-state index in [1.807, 2.05) is 0 Å². The fraction of sp³-hybridized carbons (Fsp3) is 1.00. The molecule has 1 aliphatic rings. The van der Waals surface area contributed by atoms with Gasteiger partial charge in [0.15, 0.2) is 0 Å². The molecular weight excluding hydrogens is 194 g/mol. The Morgan fingerprint density at radius 1 is 1.00 bits per heavy atom. The van der Waals surface area contributed by atoms with Crippen molar-refractivity contribution in [3.05, 3.63) is 0 Å². The van der Waals surface area contributed by atoms with Gasteiger partial charge in [0.1, 0.15) is 0 Å². The minimum atomic E-state index is 0.264. The Balaban J connectivity index is 1.99. The molecule has 1 heterocycles. The van der Waals surface area contributed by atoms with E-state index < -0.39 is 0 Å². The van der Waals surface area contributed by atoms with E-state index in [0.29, 0.717) is 13.2 Å². The SMILES string of the molecule is NCCOCCN1CCN(CCO)CC1. The molecule has 15 heavy (non-hydrogen) atoms. The average molecular weight is 217 g/mol. The Morgan fingerprint density at radius 3 is 2.13 bits per heavy atom. The highest BCUT2D eigenvalue weighted by Gasteiger charge is 2.15. The summed E-state index contributed by atoms with van der Waals surface area (Å²) in [6, 6.07) is 0. The lowest BCUT2D eigenvalue weighted by molar-refractivity contribution is 0.0725. The summed E-state index contributed by atoms with van der Waals surface area (Å²) >= 11 is 0. The monoisotopic (exact) mass is 217 g/mol. The molecule has 0 bridgehead atoms. The number of nitrogens with two attached hydrogens (primary N) is 1. The van der Waals surface area contributed by atoms with Crippen molar-refractivity contribution < 1.29 is 9.84 Å². The van der Waals surface area contributed by atoms with Crippen LogP contribution in [0.5, 0.6) is 0 Å². The molecule has 90 valence electrons. The third kappa shape index (κ3) is 5.44. The van der Waals surface area contributed by atoms with Crippen LogP contribution in [0.25, 0.3) is 0 Å². The number of aliphatic hydroxyl groups is 1. The quantitative estimate of drug-likeness (QED) is 0.512. The van der Waals surface area contributed by atoms with Gasteiger partial charge >= 0.3 is 0 Å². The van der Waals surface area contributed by atoms with E-state index >= 15 is 0 Å². The summed E-state index contributed by atoms with van der Waals surface area (Å²) in [6.45, 7) is 8.35. The summed E-state index contributed by atoms with van der Waals surface area (Å²) in [5.74, 6) is 0. The molecule has 5 nitrogen and oxygen atoms in total. The zero-order valence-electron chi connectivity index (χ0n) is 9.40. The average Bonchev–Trinajstić information content (AvgIpc) is 2.27. The van der Waals surface area contributed by atoms with E-state index in [1.165, 1.54) is 0 Å². The first kappa shape index (κ1) is 12.9. The molecule has 0 aromatic carbocycles. The Bertz CT molecular complexity index is 147. The number of β-amino-alcohol motifs (C(OH)–C–C–N with tert-alkyl or cyclic N) is 1. The normalized spacial score (nSPS) is 19.6. The van der Waals surface area contributed by atoms with Crippen molar-refractivity contribution in [2.24, 2.45) is 5.73 Å². The minimum absolute atomic E-state index is 0.264. The highest BCUT2D eigenvalue weighted by atomic mass is 16.5. The summed E-state index contributed by atoms with van der Waals surface area (Å²) in [6.07, 6.45) is 0. The highest BCUT2D eigenvalue weighted by molar-refractivity contribution is 4.71. The molecule has 1 rings (SSSR count). The zero-order chi connectivity index (χ0) is 10.9. The van der Waals surface area contributed by atoms with Crippen molar-refractivity contribution in [1.82, 2.24) is 9.80 Å². The Kier molecular flexibility index (Phi) is 6.87. The van der Waals surface area contributed by atoms with Crippen LogP contribution < -0.4 is 5.73 Å². The van der Waals surface area contributed by atoms with Crippen LogP contribution >= 0.6 is 0 Å². The molecule has 0 spiro atoms. The predicted octanol–water partition coefficient (Wildman–Crippen LogP) is -1.43. The third-order valence-corrected chi connectivity index (χ3v) is 2.70. The van der Waals surface area contributed by atoms with Crippen molar-refractivity contribution in [2.45, 2.75) is 0 Å². The van der Waals surface area contributed by atoms with Crippen LogP contribution in [0.3, 0.4) is 0 Å². The van der Waals surface area contributed by atoms with Crippen LogP contribution in [0, 0.1) is 0 Å². The Morgan fingerprint density at radius 2 is 1.60 bits per heavy atom. The van der Waals surface area contributed by atoms with E-state index in [0.717, 1.165) is 45.9 Å². The molecule has 5 heteroatoms. The second kappa shape index (κ2) is 8.01. The van der Waals surface area contributed by atoms with Crippen LogP contribution in [0.15, 0.2) is 0 Å². The lowest BCUT2D eigenvalue weighted by Gasteiger charge is -2.34. The summed E-state index contributed by atoms with van der Waals surface area (Å²) in [7, 11) is 0. The maximum absolute atomic E-state index is 8.80. The molecule has 0 aromatic heterocycles. The van der Waals surface area contributed by atoms with Gasteiger partial charge in [-0.05, 0) is 0 Å². The predicted molar refractivity (Wildman–Crippen MR) is 59.8 cm³/mol. The van der Waals surface area contributed by atoms with Crippen LogP contribution in [0.1, 0.15) is 0 Å². The summed E-state index contributed by atoms with van der Waals surface area (Å²) in [5, 5.41) is 8.80. The van der Waals surface area contributed by atoms with Crippen molar-refractivity contribution in [1.29, 1.82) is 0 Å². The van der Waals surface area contributed by atoms with Crippen LogP contribution in [-0.4, -0.2) is 80.5 Å². The van der Waals surface area contributed by atoms with Gasteiger partial charge in [-0.1, -0.05) is 0 Å². The second-order valence-electron chi connectivity index (χ2n) is 3.81. The van der Waals surface area contributed by atoms with Gasteiger partial charge in [-0.15, -0.1) is 0 Å². The summed E-state index contributed by atoms with van der Waals surface area (Å²) in [4.78, 5) is 4.68. The van der Waals surface area contributed by atoms with Gasteiger partial charge < -0.3 is 15.6 Å². The topological polar surface area (TPSA) is 62.0 Å². The molecular formula is C10H23N3O2.